The molecular weight excluding hydrogens is 282 g/mol. The number of aliphatic carboxylic acids is 1. The second-order valence-corrected chi connectivity index (χ2v) is 6.65. The van der Waals surface area contributed by atoms with Gasteiger partial charge >= 0.3 is 5.97 Å². The molecule has 0 spiro atoms. The third-order valence-corrected chi connectivity index (χ3v) is 5.11. The van der Waals surface area contributed by atoms with E-state index in [4.69, 9.17) is 4.74 Å². The van der Waals surface area contributed by atoms with Crippen molar-refractivity contribution in [2.75, 3.05) is 7.11 Å². The zero-order chi connectivity index (χ0) is 15.0. The Morgan fingerprint density at radius 2 is 2.05 bits per heavy atom. The van der Waals surface area contributed by atoms with Gasteiger partial charge in [-0.1, -0.05) is 6.07 Å². The molecule has 0 bridgehead atoms. The first kappa shape index (κ1) is 14.8. The van der Waals surface area contributed by atoms with Gasteiger partial charge in [0.25, 0.3) is 0 Å². The molecule has 0 aromatic heterocycles. The molecule has 1 aliphatic carbocycles. The minimum atomic E-state index is -3.94. The number of benzene rings is 1. The van der Waals surface area contributed by atoms with E-state index >= 15 is 0 Å². The van der Waals surface area contributed by atoms with Gasteiger partial charge < -0.3 is 9.84 Å². The number of sulfonamides is 1. The van der Waals surface area contributed by atoms with E-state index in [1.807, 2.05) is 0 Å². The van der Waals surface area contributed by atoms with Gasteiger partial charge in [0.2, 0.25) is 10.0 Å². The van der Waals surface area contributed by atoms with Crippen LogP contribution in [0.5, 0.6) is 5.75 Å². The Bertz CT molecular complexity index is 634. The minimum absolute atomic E-state index is 0.0347. The number of carbonyl (C=O) groups is 1. The Morgan fingerprint density at radius 3 is 2.50 bits per heavy atom. The maximum Gasteiger partial charge on any atom is 0.324 e. The fraction of sp³-hybridized carbons (Fsp3) is 0.462. The predicted octanol–water partition coefficient (Wildman–Crippen LogP) is 1.29. The molecule has 1 aromatic carbocycles. The summed E-state index contributed by atoms with van der Waals surface area (Å²) < 4.78 is 32.2. The van der Waals surface area contributed by atoms with Crippen molar-refractivity contribution < 1.29 is 23.1 Å². The number of ether oxygens (including phenoxy) is 1. The molecule has 1 aliphatic rings. The second kappa shape index (κ2) is 5.06. The molecule has 0 saturated heterocycles. The standard InChI is InChI=1S/C13H17NO5S/c1-9-4-5-10(19-2)11(8-9)20(17,18)14-13(12(15)16)6-3-7-13/h4-5,8,14H,3,6-7H2,1-2H3,(H,15,16). The van der Waals surface area contributed by atoms with E-state index in [0.29, 0.717) is 19.3 Å². The van der Waals surface area contributed by atoms with Crippen molar-refractivity contribution in [3.8, 4) is 5.75 Å². The molecule has 1 aromatic rings. The summed E-state index contributed by atoms with van der Waals surface area (Å²) in [5.41, 5.74) is -0.628. The highest BCUT2D eigenvalue weighted by molar-refractivity contribution is 7.89. The van der Waals surface area contributed by atoms with E-state index in [1.54, 1.807) is 19.1 Å². The van der Waals surface area contributed by atoms with Crippen LogP contribution in [0.4, 0.5) is 0 Å². The van der Waals surface area contributed by atoms with Gasteiger partial charge in [0.15, 0.2) is 0 Å². The van der Waals surface area contributed by atoms with Gasteiger partial charge in [-0.05, 0) is 43.9 Å². The molecular formula is C13H17NO5S. The molecule has 0 unspecified atom stereocenters. The molecule has 20 heavy (non-hydrogen) atoms. The Labute approximate surface area is 117 Å². The van der Waals surface area contributed by atoms with Crippen molar-refractivity contribution in [1.29, 1.82) is 0 Å². The number of aryl methyl sites for hydroxylation is 1. The number of carboxylic acids is 1. The number of hydrogen-bond acceptors (Lipinski definition) is 4. The summed E-state index contributed by atoms with van der Waals surface area (Å²) in [6.07, 6.45) is 1.30. The highest BCUT2D eigenvalue weighted by Crippen LogP contribution is 2.35. The summed E-state index contributed by atoms with van der Waals surface area (Å²) >= 11 is 0. The average Bonchev–Trinajstić information content (AvgIpc) is 2.33. The van der Waals surface area contributed by atoms with Crippen LogP contribution in [0.15, 0.2) is 23.1 Å². The Balaban J connectivity index is 2.41. The van der Waals surface area contributed by atoms with Crippen LogP contribution in [0, 0.1) is 6.92 Å². The number of hydrogen-bond donors (Lipinski definition) is 2. The minimum Gasteiger partial charge on any atom is -0.495 e. The molecule has 2 rings (SSSR count). The maximum atomic E-state index is 12.4. The smallest absolute Gasteiger partial charge is 0.324 e. The van der Waals surface area contributed by atoms with Gasteiger partial charge in [-0.2, -0.15) is 4.72 Å². The number of carboxylic acid groups (broad SMARTS) is 1. The van der Waals surface area contributed by atoms with Crippen molar-refractivity contribution in [2.24, 2.45) is 0 Å². The van der Waals surface area contributed by atoms with Gasteiger partial charge in [0.05, 0.1) is 7.11 Å². The summed E-state index contributed by atoms with van der Waals surface area (Å²) in [7, 11) is -2.57. The van der Waals surface area contributed by atoms with E-state index in [2.05, 4.69) is 4.72 Å². The summed E-state index contributed by atoms with van der Waals surface area (Å²) in [6, 6.07) is 4.75. The Kier molecular flexibility index (Phi) is 3.75. The summed E-state index contributed by atoms with van der Waals surface area (Å²) in [4.78, 5) is 11.2. The van der Waals surface area contributed by atoms with Crippen molar-refractivity contribution in [3.05, 3.63) is 23.8 Å². The van der Waals surface area contributed by atoms with Crippen LogP contribution in [0.3, 0.4) is 0 Å². The van der Waals surface area contributed by atoms with Gasteiger partial charge in [-0.3, -0.25) is 4.79 Å². The molecule has 0 aliphatic heterocycles. The number of rotatable bonds is 5. The fourth-order valence-electron chi connectivity index (χ4n) is 2.20. The summed E-state index contributed by atoms with van der Waals surface area (Å²) in [5.74, 6) is -0.943. The molecule has 0 amide bonds. The van der Waals surface area contributed by atoms with Crippen LogP contribution in [-0.4, -0.2) is 32.1 Å². The van der Waals surface area contributed by atoms with Crippen LogP contribution in [0.1, 0.15) is 24.8 Å². The fourth-order valence-corrected chi connectivity index (χ4v) is 3.87. The normalized spacial score (nSPS) is 17.3. The molecule has 2 N–H and O–H groups in total. The van der Waals surface area contributed by atoms with Crippen LogP contribution in [-0.2, 0) is 14.8 Å². The highest BCUT2D eigenvalue weighted by atomic mass is 32.2. The van der Waals surface area contributed by atoms with E-state index in [1.165, 1.54) is 13.2 Å². The second-order valence-electron chi connectivity index (χ2n) is 5.00. The lowest BCUT2D eigenvalue weighted by molar-refractivity contribution is -0.147. The topological polar surface area (TPSA) is 92.7 Å². The zero-order valence-electron chi connectivity index (χ0n) is 11.3. The van der Waals surface area contributed by atoms with E-state index in [-0.39, 0.29) is 10.6 Å². The number of nitrogens with one attached hydrogen (secondary N) is 1. The SMILES string of the molecule is COc1ccc(C)cc1S(=O)(=O)NC1(C(=O)O)CCC1. The summed E-state index contributed by atoms with van der Waals surface area (Å²) in [6.45, 7) is 1.76. The zero-order valence-corrected chi connectivity index (χ0v) is 12.2. The van der Waals surface area contributed by atoms with Crippen LogP contribution in [0.2, 0.25) is 0 Å². The lowest BCUT2D eigenvalue weighted by Crippen LogP contribution is -2.58. The quantitative estimate of drug-likeness (QED) is 0.854. The van der Waals surface area contributed by atoms with E-state index in [0.717, 1.165) is 5.56 Å². The van der Waals surface area contributed by atoms with Crippen LogP contribution < -0.4 is 9.46 Å². The van der Waals surface area contributed by atoms with Crippen molar-refractivity contribution in [3.63, 3.8) is 0 Å². The van der Waals surface area contributed by atoms with Crippen molar-refractivity contribution >= 4 is 16.0 Å². The Hall–Kier alpha value is -1.60. The van der Waals surface area contributed by atoms with Gasteiger partial charge in [-0.25, -0.2) is 8.42 Å². The monoisotopic (exact) mass is 299 g/mol. The molecule has 0 radical (unpaired) electrons. The third kappa shape index (κ3) is 2.51. The lowest BCUT2D eigenvalue weighted by atomic mass is 9.78. The van der Waals surface area contributed by atoms with Gasteiger partial charge in [0.1, 0.15) is 16.2 Å². The van der Waals surface area contributed by atoms with Crippen molar-refractivity contribution in [2.45, 2.75) is 36.6 Å². The van der Waals surface area contributed by atoms with E-state index in [9.17, 15) is 18.3 Å². The molecule has 0 atom stereocenters. The first-order valence-electron chi connectivity index (χ1n) is 6.23. The first-order chi connectivity index (χ1) is 9.31. The van der Waals surface area contributed by atoms with Crippen molar-refractivity contribution in [1.82, 2.24) is 4.72 Å². The van der Waals surface area contributed by atoms with Gasteiger partial charge in [-0.15, -0.1) is 0 Å². The van der Waals surface area contributed by atoms with E-state index < -0.39 is 21.5 Å². The predicted molar refractivity (Wildman–Crippen MR) is 72.3 cm³/mol. The lowest BCUT2D eigenvalue weighted by Gasteiger charge is -2.37. The van der Waals surface area contributed by atoms with Crippen LogP contribution in [0.25, 0.3) is 0 Å². The highest BCUT2D eigenvalue weighted by Gasteiger charge is 2.48. The molecule has 1 fully saturated rings. The largest absolute Gasteiger partial charge is 0.495 e. The van der Waals surface area contributed by atoms with Crippen LogP contribution >= 0.6 is 0 Å². The summed E-state index contributed by atoms with van der Waals surface area (Å²) in [5, 5.41) is 9.22. The maximum absolute atomic E-state index is 12.4. The molecule has 1 saturated carbocycles. The molecule has 110 valence electrons. The first-order valence-corrected chi connectivity index (χ1v) is 7.71. The average molecular weight is 299 g/mol. The third-order valence-electron chi connectivity index (χ3n) is 3.55. The Morgan fingerprint density at radius 1 is 1.40 bits per heavy atom. The molecule has 6 nitrogen and oxygen atoms in total. The molecule has 7 heteroatoms. The van der Waals surface area contributed by atoms with Gasteiger partial charge in [0, 0.05) is 0 Å². The molecule has 0 heterocycles. The number of methoxy groups -OCH3 is 1.